The number of benzene rings is 1. The fraction of sp³-hybridized carbons (Fsp3) is 0.400. The van der Waals surface area contributed by atoms with Crippen LogP contribution < -0.4 is 5.32 Å². The van der Waals surface area contributed by atoms with Crippen LogP contribution >= 0.6 is 11.6 Å². The van der Waals surface area contributed by atoms with Crippen molar-refractivity contribution in [3.8, 4) is 17.6 Å². The quantitative estimate of drug-likeness (QED) is 0.650. The van der Waals surface area contributed by atoms with Crippen LogP contribution in [-0.4, -0.2) is 23.3 Å². The molecule has 0 radical (unpaired) electrons. The van der Waals surface area contributed by atoms with Crippen molar-refractivity contribution in [1.29, 1.82) is 0 Å². The van der Waals surface area contributed by atoms with Gasteiger partial charge in [-0.25, -0.2) is 4.79 Å². The fourth-order valence-corrected chi connectivity index (χ4v) is 1.58. The largest absolute Gasteiger partial charge is 0.508 e. The topological polar surface area (TPSA) is 58.6 Å². The molecule has 5 heteroatoms. The molecule has 0 aliphatic carbocycles. The molecule has 0 aromatic heterocycles. The molecule has 1 amide bonds. The summed E-state index contributed by atoms with van der Waals surface area (Å²) in [6.45, 7) is 5.81. The summed E-state index contributed by atoms with van der Waals surface area (Å²) in [6, 6.07) is 4.63. The lowest BCUT2D eigenvalue weighted by Crippen LogP contribution is -2.32. The molecule has 0 aliphatic rings. The summed E-state index contributed by atoms with van der Waals surface area (Å²) in [4.78, 5) is 11.3. The molecule has 0 fully saturated rings. The number of ether oxygens (including phenoxy) is 1. The summed E-state index contributed by atoms with van der Waals surface area (Å²) in [5.74, 6) is 5.82. The molecule has 20 heavy (non-hydrogen) atoms. The number of carbonyl (C=O) groups is 1. The van der Waals surface area contributed by atoms with E-state index < -0.39 is 11.7 Å². The first kappa shape index (κ1) is 16.2. The van der Waals surface area contributed by atoms with E-state index in [-0.39, 0.29) is 5.75 Å². The van der Waals surface area contributed by atoms with E-state index in [4.69, 9.17) is 16.3 Å². The van der Waals surface area contributed by atoms with Crippen LogP contribution in [0.2, 0.25) is 5.02 Å². The highest BCUT2D eigenvalue weighted by molar-refractivity contribution is 6.30. The molecule has 1 rings (SSSR count). The van der Waals surface area contributed by atoms with Gasteiger partial charge in [-0.05, 0) is 39.0 Å². The van der Waals surface area contributed by atoms with Gasteiger partial charge in [-0.1, -0.05) is 23.4 Å². The first-order valence-corrected chi connectivity index (χ1v) is 6.59. The van der Waals surface area contributed by atoms with Gasteiger partial charge in [0.25, 0.3) is 0 Å². The molecule has 0 spiro atoms. The fourth-order valence-electron chi connectivity index (χ4n) is 1.35. The Kier molecular flexibility index (Phi) is 5.72. The Bertz CT molecular complexity index is 518. The third-order valence-electron chi connectivity index (χ3n) is 2.03. The average Bonchev–Trinajstić information content (AvgIpc) is 2.24. The Morgan fingerprint density at radius 1 is 1.40 bits per heavy atom. The van der Waals surface area contributed by atoms with E-state index in [1.54, 1.807) is 26.8 Å². The van der Waals surface area contributed by atoms with E-state index in [0.29, 0.717) is 23.6 Å². The van der Waals surface area contributed by atoms with Crippen molar-refractivity contribution in [2.45, 2.75) is 32.8 Å². The van der Waals surface area contributed by atoms with Crippen molar-refractivity contribution in [1.82, 2.24) is 5.32 Å². The summed E-state index contributed by atoms with van der Waals surface area (Å²) < 4.78 is 5.09. The van der Waals surface area contributed by atoms with Crippen LogP contribution in [0.15, 0.2) is 18.2 Å². The Hall–Kier alpha value is -1.86. The maximum absolute atomic E-state index is 11.3. The smallest absolute Gasteiger partial charge is 0.407 e. The summed E-state index contributed by atoms with van der Waals surface area (Å²) in [5, 5.41) is 12.4. The van der Waals surface area contributed by atoms with Crippen molar-refractivity contribution in [2.24, 2.45) is 0 Å². The normalized spacial score (nSPS) is 10.4. The molecule has 1 aromatic carbocycles. The molecular weight excluding hydrogens is 278 g/mol. The van der Waals surface area contributed by atoms with Gasteiger partial charge in [-0.15, -0.1) is 0 Å². The Labute approximate surface area is 124 Å². The minimum absolute atomic E-state index is 0.0775. The summed E-state index contributed by atoms with van der Waals surface area (Å²) >= 11 is 5.79. The van der Waals surface area contributed by atoms with Crippen LogP contribution in [0.25, 0.3) is 0 Å². The minimum Gasteiger partial charge on any atom is -0.508 e. The standard InChI is InChI=1S/C15H18ClNO3/c1-15(2,3)20-14(19)17-7-5-4-6-11-8-12(16)10-13(18)9-11/h8-10,18H,5,7H2,1-3H3,(H,17,19). The molecule has 2 N–H and O–H groups in total. The SMILES string of the molecule is CC(C)(C)OC(=O)NCCC#Cc1cc(O)cc(Cl)c1. The lowest BCUT2D eigenvalue weighted by atomic mass is 10.2. The highest BCUT2D eigenvalue weighted by Crippen LogP contribution is 2.18. The van der Waals surface area contributed by atoms with Gasteiger partial charge in [0.2, 0.25) is 0 Å². The van der Waals surface area contributed by atoms with E-state index in [1.807, 2.05) is 0 Å². The maximum atomic E-state index is 11.3. The molecule has 4 nitrogen and oxygen atoms in total. The number of alkyl carbamates (subject to hydrolysis) is 1. The molecule has 1 aromatic rings. The number of hydrogen-bond acceptors (Lipinski definition) is 3. The van der Waals surface area contributed by atoms with Crippen molar-refractivity contribution >= 4 is 17.7 Å². The molecule has 0 saturated heterocycles. The molecule has 0 unspecified atom stereocenters. The van der Waals surface area contributed by atoms with E-state index in [1.165, 1.54) is 12.1 Å². The van der Waals surface area contributed by atoms with Gasteiger partial charge >= 0.3 is 6.09 Å². The third kappa shape index (κ3) is 6.91. The highest BCUT2D eigenvalue weighted by Gasteiger charge is 2.15. The van der Waals surface area contributed by atoms with Crippen molar-refractivity contribution in [2.75, 3.05) is 6.54 Å². The monoisotopic (exact) mass is 295 g/mol. The second kappa shape index (κ2) is 7.06. The number of halogens is 1. The number of phenolic OH excluding ortho intramolecular Hbond substituents is 1. The molecule has 0 saturated carbocycles. The average molecular weight is 296 g/mol. The van der Waals surface area contributed by atoms with Gasteiger partial charge in [0.05, 0.1) is 0 Å². The number of hydrogen-bond donors (Lipinski definition) is 2. The Morgan fingerprint density at radius 3 is 2.70 bits per heavy atom. The van der Waals surface area contributed by atoms with Crippen LogP contribution in [0, 0.1) is 11.8 Å². The molecule has 0 atom stereocenters. The van der Waals surface area contributed by atoms with Gasteiger partial charge in [-0.3, -0.25) is 0 Å². The number of aromatic hydroxyl groups is 1. The summed E-state index contributed by atoms with van der Waals surface area (Å²) in [7, 11) is 0. The van der Waals surface area contributed by atoms with E-state index in [9.17, 15) is 9.90 Å². The van der Waals surface area contributed by atoms with E-state index in [2.05, 4.69) is 17.2 Å². The second-order valence-electron chi connectivity index (χ2n) is 5.18. The zero-order valence-corrected chi connectivity index (χ0v) is 12.5. The van der Waals surface area contributed by atoms with Crippen LogP contribution in [0.4, 0.5) is 4.79 Å². The molecular formula is C15H18ClNO3. The predicted molar refractivity (Wildman–Crippen MR) is 78.8 cm³/mol. The van der Waals surface area contributed by atoms with Crippen molar-refractivity contribution < 1.29 is 14.6 Å². The number of nitrogens with one attached hydrogen (secondary N) is 1. The van der Waals surface area contributed by atoms with Crippen LogP contribution in [0.3, 0.4) is 0 Å². The first-order chi connectivity index (χ1) is 9.26. The number of phenols is 1. The van der Waals surface area contributed by atoms with E-state index in [0.717, 1.165) is 0 Å². The maximum Gasteiger partial charge on any atom is 0.407 e. The molecule has 108 valence electrons. The number of amides is 1. The van der Waals surface area contributed by atoms with Gasteiger partial charge in [0.1, 0.15) is 11.4 Å². The molecule has 0 heterocycles. The summed E-state index contributed by atoms with van der Waals surface area (Å²) in [5.41, 5.74) is 0.126. The minimum atomic E-state index is -0.506. The summed E-state index contributed by atoms with van der Waals surface area (Å²) in [6.07, 6.45) is 0.0201. The lowest BCUT2D eigenvalue weighted by molar-refractivity contribution is 0.0529. The van der Waals surface area contributed by atoms with Gasteiger partial charge in [0.15, 0.2) is 0 Å². The number of rotatable bonds is 2. The first-order valence-electron chi connectivity index (χ1n) is 6.21. The Balaban J connectivity index is 2.38. The van der Waals surface area contributed by atoms with E-state index >= 15 is 0 Å². The zero-order valence-electron chi connectivity index (χ0n) is 11.8. The predicted octanol–water partition coefficient (Wildman–Crippen LogP) is 3.31. The molecule has 0 bridgehead atoms. The van der Waals surface area contributed by atoms with Crippen LogP contribution in [0.1, 0.15) is 32.8 Å². The van der Waals surface area contributed by atoms with Gasteiger partial charge < -0.3 is 15.2 Å². The zero-order chi connectivity index (χ0) is 15.2. The lowest BCUT2D eigenvalue weighted by Gasteiger charge is -2.19. The van der Waals surface area contributed by atoms with Crippen LogP contribution in [0.5, 0.6) is 5.75 Å². The van der Waals surface area contributed by atoms with Crippen molar-refractivity contribution in [3.05, 3.63) is 28.8 Å². The number of carbonyl (C=O) groups excluding carboxylic acids is 1. The highest BCUT2D eigenvalue weighted by atomic mass is 35.5. The van der Waals surface area contributed by atoms with Gasteiger partial charge in [-0.2, -0.15) is 0 Å². The van der Waals surface area contributed by atoms with Crippen LogP contribution in [-0.2, 0) is 4.74 Å². The van der Waals surface area contributed by atoms with Gasteiger partial charge in [0, 0.05) is 23.6 Å². The molecule has 0 aliphatic heterocycles. The third-order valence-corrected chi connectivity index (χ3v) is 2.25. The second-order valence-corrected chi connectivity index (χ2v) is 5.61. The Morgan fingerprint density at radius 2 is 2.10 bits per heavy atom. The van der Waals surface area contributed by atoms with Crippen molar-refractivity contribution in [3.63, 3.8) is 0 Å².